The number of hydrogen-bond donors (Lipinski definition) is 3. The van der Waals surface area contributed by atoms with Crippen molar-refractivity contribution < 1.29 is 14.4 Å². The number of para-hydroxylation sites is 3. The molecule has 0 saturated carbocycles. The number of benzene rings is 2. The van der Waals surface area contributed by atoms with E-state index in [1.165, 1.54) is 4.90 Å². The van der Waals surface area contributed by atoms with Crippen molar-refractivity contribution in [2.75, 3.05) is 28.6 Å². The van der Waals surface area contributed by atoms with E-state index in [2.05, 4.69) is 16.0 Å². The zero-order valence-corrected chi connectivity index (χ0v) is 17.8. The van der Waals surface area contributed by atoms with E-state index in [9.17, 15) is 14.4 Å². The Bertz CT molecular complexity index is 968. The number of rotatable bonds is 6. The largest absolute Gasteiger partial charge is 0.375 e. The van der Waals surface area contributed by atoms with Crippen LogP contribution in [0.15, 0.2) is 48.5 Å². The molecule has 0 radical (unpaired) electrons. The molecule has 0 aromatic heterocycles. The molecule has 1 aliphatic heterocycles. The summed E-state index contributed by atoms with van der Waals surface area (Å²) >= 11 is 0. The van der Waals surface area contributed by atoms with E-state index < -0.39 is 5.54 Å². The van der Waals surface area contributed by atoms with Gasteiger partial charge < -0.3 is 16.0 Å². The van der Waals surface area contributed by atoms with Crippen LogP contribution in [-0.2, 0) is 9.59 Å². The lowest BCUT2D eigenvalue weighted by Gasteiger charge is -2.42. The Kier molecular flexibility index (Phi) is 6.10. The fourth-order valence-corrected chi connectivity index (χ4v) is 3.38. The van der Waals surface area contributed by atoms with Crippen LogP contribution in [0.4, 0.5) is 17.1 Å². The topological polar surface area (TPSA) is 90.5 Å². The first kappa shape index (κ1) is 21.4. The van der Waals surface area contributed by atoms with Crippen LogP contribution >= 0.6 is 0 Å². The van der Waals surface area contributed by atoms with Gasteiger partial charge in [-0.05, 0) is 44.0 Å². The maximum absolute atomic E-state index is 13.2. The molecule has 30 heavy (non-hydrogen) atoms. The fraction of sp³-hybridized carbons (Fsp3) is 0.348. The van der Waals surface area contributed by atoms with Gasteiger partial charge in [-0.25, -0.2) is 0 Å². The molecule has 3 rings (SSSR count). The van der Waals surface area contributed by atoms with Crippen LogP contribution in [0.25, 0.3) is 0 Å². The minimum Gasteiger partial charge on any atom is -0.375 e. The number of nitrogens with zero attached hydrogens (tertiary/aromatic N) is 1. The molecule has 158 valence electrons. The van der Waals surface area contributed by atoms with Crippen molar-refractivity contribution in [3.63, 3.8) is 0 Å². The number of carbonyl (C=O) groups excluding carboxylic acids is 3. The lowest BCUT2D eigenvalue weighted by atomic mass is 9.96. The number of anilines is 3. The average molecular weight is 409 g/mol. The predicted octanol–water partition coefficient (Wildman–Crippen LogP) is 3.25. The summed E-state index contributed by atoms with van der Waals surface area (Å²) in [5, 5.41) is 8.82. The molecule has 3 amide bonds. The van der Waals surface area contributed by atoms with Crippen LogP contribution in [0.2, 0.25) is 0 Å². The van der Waals surface area contributed by atoms with Crippen molar-refractivity contribution in [1.29, 1.82) is 0 Å². The van der Waals surface area contributed by atoms with Crippen molar-refractivity contribution in [2.24, 2.45) is 5.92 Å². The molecule has 0 bridgehead atoms. The van der Waals surface area contributed by atoms with Gasteiger partial charge in [-0.1, -0.05) is 38.1 Å². The summed E-state index contributed by atoms with van der Waals surface area (Å²) in [6.07, 6.45) is 0. The van der Waals surface area contributed by atoms with E-state index in [0.29, 0.717) is 35.1 Å². The Hall–Kier alpha value is -3.35. The van der Waals surface area contributed by atoms with E-state index >= 15 is 0 Å². The summed E-state index contributed by atoms with van der Waals surface area (Å²) in [4.78, 5) is 39.8. The maximum atomic E-state index is 13.2. The lowest BCUT2D eigenvalue weighted by Crippen LogP contribution is -2.59. The highest BCUT2D eigenvalue weighted by Gasteiger charge is 2.43. The molecule has 7 nitrogen and oxygen atoms in total. The van der Waals surface area contributed by atoms with Crippen molar-refractivity contribution >= 4 is 34.8 Å². The highest BCUT2D eigenvalue weighted by Crippen LogP contribution is 2.36. The quantitative estimate of drug-likeness (QED) is 0.684. The Morgan fingerprint density at radius 1 is 1.07 bits per heavy atom. The second kappa shape index (κ2) is 8.57. The van der Waals surface area contributed by atoms with Crippen LogP contribution in [0.3, 0.4) is 0 Å². The zero-order valence-electron chi connectivity index (χ0n) is 17.8. The summed E-state index contributed by atoms with van der Waals surface area (Å²) in [5.41, 5.74) is 1.25. The molecule has 7 heteroatoms. The summed E-state index contributed by atoms with van der Waals surface area (Å²) in [5.74, 6) is -0.367. The highest BCUT2D eigenvalue weighted by molar-refractivity contribution is 6.15. The number of hydrogen-bond acceptors (Lipinski definition) is 4. The highest BCUT2D eigenvalue weighted by atomic mass is 16.2. The van der Waals surface area contributed by atoms with E-state index in [0.717, 1.165) is 0 Å². The zero-order chi connectivity index (χ0) is 21.9. The van der Waals surface area contributed by atoms with Gasteiger partial charge >= 0.3 is 0 Å². The van der Waals surface area contributed by atoms with E-state index in [-0.39, 0.29) is 24.3 Å². The van der Waals surface area contributed by atoms with E-state index in [1.807, 2.05) is 32.0 Å². The number of nitrogens with one attached hydrogen (secondary N) is 3. The summed E-state index contributed by atoms with van der Waals surface area (Å²) < 4.78 is 0. The molecule has 0 saturated heterocycles. The second-order valence-corrected chi connectivity index (χ2v) is 8.26. The van der Waals surface area contributed by atoms with Crippen molar-refractivity contribution in [1.82, 2.24) is 5.32 Å². The van der Waals surface area contributed by atoms with Crippen LogP contribution < -0.4 is 20.9 Å². The molecule has 0 spiro atoms. The molecular weight excluding hydrogens is 380 g/mol. The average Bonchev–Trinajstić information content (AvgIpc) is 2.71. The molecule has 2 aromatic rings. The van der Waals surface area contributed by atoms with Gasteiger partial charge in [-0.15, -0.1) is 0 Å². The molecular formula is C23H28N4O3. The second-order valence-electron chi connectivity index (χ2n) is 8.26. The minimum atomic E-state index is -1.04. The predicted molar refractivity (Wildman–Crippen MR) is 119 cm³/mol. The van der Waals surface area contributed by atoms with E-state index in [1.54, 1.807) is 44.2 Å². The smallest absolute Gasteiger partial charge is 0.253 e. The van der Waals surface area contributed by atoms with Crippen LogP contribution in [0.5, 0.6) is 0 Å². The van der Waals surface area contributed by atoms with Gasteiger partial charge in [0.1, 0.15) is 5.54 Å². The monoisotopic (exact) mass is 408 g/mol. The van der Waals surface area contributed by atoms with Crippen LogP contribution in [-0.4, -0.2) is 36.3 Å². The third kappa shape index (κ3) is 4.30. The first-order chi connectivity index (χ1) is 14.2. The van der Waals surface area contributed by atoms with Gasteiger partial charge in [0.2, 0.25) is 11.8 Å². The Balaban J connectivity index is 1.79. The van der Waals surface area contributed by atoms with Gasteiger partial charge in [-0.2, -0.15) is 0 Å². The number of fused-ring (bicyclic) bond motifs is 1. The Morgan fingerprint density at radius 2 is 1.73 bits per heavy atom. The molecule has 1 heterocycles. The standard InChI is InChI=1S/C23H28N4O3/c1-15(2)13-25-21(29)16-9-5-6-10-17(16)24-14-20(28)27-19-12-8-7-11-18(19)26-22(30)23(27,3)4/h5-12,15,24H,13-14H2,1-4H3,(H,25,29)(H,26,30). The van der Waals surface area contributed by atoms with Crippen molar-refractivity contribution in [2.45, 2.75) is 33.2 Å². The molecule has 0 aliphatic carbocycles. The molecule has 3 N–H and O–H groups in total. The first-order valence-corrected chi connectivity index (χ1v) is 10.1. The molecule has 0 atom stereocenters. The van der Waals surface area contributed by atoms with Gasteiger partial charge in [0.05, 0.1) is 23.5 Å². The number of carbonyl (C=O) groups is 3. The lowest BCUT2D eigenvalue weighted by molar-refractivity contribution is -0.125. The molecule has 0 fully saturated rings. The van der Waals surface area contributed by atoms with Crippen molar-refractivity contribution in [3.8, 4) is 0 Å². The summed E-state index contributed by atoms with van der Waals surface area (Å²) in [6.45, 7) is 7.99. The van der Waals surface area contributed by atoms with Gasteiger partial charge in [0.25, 0.3) is 5.91 Å². The van der Waals surface area contributed by atoms with Crippen LogP contribution in [0.1, 0.15) is 38.1 Å². The summed E-state index contributed by atoms with van der Waals surface area (Å²) in [6, 6.07) is 14.3. The third-order valence-electron chi connectivity index (χ3n) is 5.03. The minimum absolute atomic E-state index is 0.0560. The normalized spacial score (nSPS) is 14.7. The number of amides is 3. The van der Waals surface area contributed by atoms with E-state index in [4.69, 9.17) is 0 Å². The molecule has 1 aliphatic rings. The van der Waals surface area contributed by atoms with Crippen molar-refractivity contribution in [3.05, 3.63) is 54.1 Å². The molecule has 0 unspecified atom stereocenters. The third-order valence-corrected chi connectivity index (χ3v) is 5.03. The van der Waals surface area contributed by atoms with Gasteiger partial charge in [0.15, 0.2) is 0 Å². The first-order valence-electron chi connectivity index (χ1n) is 10.1. The molecule has 2 aromatic carbocycles. The fourth-order valence-electron chi connectivity index (χ4n) is 3.38. The maximum Gasteiger partial charge on any atom is 0.253 e. The van der Waals surface area contributed by atoms with Gasteiger partial charge in [0, 0.05) is 12.2 Å². The Morgan fingerprint density at radius 3 is 2.47 bits per heavy atom. The SMILES string of the molecule is CC(C)CNC(=O)c1ccccc1NCC(=O)N1c2ccccc2NC(=O)C1(C)C. The summed E-state index contributed by atoms with van der Waals surface area (Å²) in [7, 11) is 0. The van der Waals surface area contributed by atoms with Gasteiger partial charge in [-0.3, -0.25) is 19.3 Å². The Labute approximate surface area is 176 Å². The van der Waals surface area contributed by atoms with Crippen LogP contribution in [0, 0.1) is 5.92 Å².